The number of carbonyl (C=O) groups is 3. The molecule has 9 heteroatoms. The summed E-state index contributed by atoms with van der Waals surface area (Å²) in [7, 11) is 1.58. The van der Waals surface area contributed by atoms with E-state index in [0.717, 1.165) is 5.56 Å². The summed E-state index contributed by atoms with van der Waals surface area (Å²) in [5.41, 5.74) is 1.40. The second-order valence-corrected chi connectivity index (χ2v) is 8.72. The fourth-order valence-corrected chi connectivity index (χ4v) is 4.96. The number of carbonyl (C=O) groups excluding carboxylic acids is 3. The molecule has 3 atom stereocenters. The summed E-state index contributed by atoms with van der Waals surface area (Å²) in [6, 6.07) is 14.5. The van der Waals surface area contributed by atoms with Crippen LogP contribution in [0.1, 0.15) is 5.56 Å². The summed E-state index contributed by atoms with van der Waals surface area (Å²) in [6.45, 7) is 3.83. The van der Waals surface area contributed by atoms with Crippen molar-refractivity contribution in [1.82, 2.24) is 10.2 Å². The molecule has 33 heavy (non-hydrogen) atoms. The number of thioether (sulfide) groups is 1. The number of esters is 1. The Morgan fingerprint density at radius 3 is 2.55 bits per heavy atom. The zero-order valence-corrected chi connectivity index (χ0v) is 18.9. The predicted molar refractivity (Wildman–Crippen MR) is 123 cm³/mol. The summed E-state index contributed by atoms with van der Waals surface area (Å²) < 4.78 is 16.0. The van der Waals surface area contributed by atoms with Crippen molar-refractivity contribution in [1.29, 1.82) is 0 Å². The number of ether oxygens (including phenoxy) is 3. The lowest BCUT2D eigenvalue weighted by atomic mass is 9.98. The Morgan fingerprint density at radius 2 is 1.85 bits per heavy atom. The highest BCUT2D eigenvalue weighted by molar-refractivity contribution is 8.00. The molecule has 2 aliphatic heterocycles. The molecule has 172 valence electrons. The quantitative estimate of drug-likeness (QED) is 0.360. The summed E-state index contributed by atoms with van der Waals surface area (Å²) in [5, 5.41) is 2.35. The van der Waals surface area contributed by atoms with Crippen molar-refractivity contribution in [2.75, 3.05) is 19.5 Å². The molecule has 2 fully saturated rings. The van der Waals surface area contributed by atoms with Crippen molar-refractivity contribution in [2.45, 2.75) is 24.1 Å². The van der Waals surface area contributed by atoms with Gasteiger partial charge < -0.3 is 24.4 Å². The summed E-state index contributed by atoms with van der Waals surface area (Å²) in [4.78, 5) is 39.3. The highest BCUT2D eigenvalue weighted by Gasteiger charge is 2.56. The second-order valence-electron chi connectivity index (χ2n) is 7.61. The molecule has 2 aromatic carbocycles. The van der Waals surface area contributed by atoms with Crippen LogP contribution in [0.15, 0.2) is 66.7 Å². The van der Waals surface area contributed by atoms with E-state index in [-0.39, 0.29) is 24.5 Å². The highest BCUT2D eigenvalue weighted by atomic mass is 32.2. The van der Waals surface area contributed by atoms with Gasteiger partial charge in [0.1, 0.15) is 29.5 Å². The molecule has 0 aromatic heterocycles. The third-order valence-corrected chi connectivity index (χ3v) is 6.76. The van der Waals surface area contributed by atoms with Crippen LogP contribution in [0.5, 0.6) is 11.5 Å². The fraction of sp³-hybridized carbons (Fsp3) is 0.292. The van der Waals surface area contributed by atoms with E-state index in [9.17, 15) is 14.4 Å². The third kappa shape index (κ3) is 4.98. The van der Waals surface area contributed by atoms with Crippen molar-refractivity contribution >= 4 is 29.5 Å². The van der Waals surface area contributed by atoms with E-state index in [1.807, 2.05) is 6.07 Å². The van der Waals surface area contributed by atoms with Gasteiger partial charge in [-0.1, -0.05) is 36.9 Å². The molecule has 2 unspecified atom stereocenters. The van der Waals surface area contributed by atoms with E-state index in [1.165, 1.54) is 16.7 Å². The van der Waals surface area contributed by atoms with Crippen molar-refractivity contribution in [3.05, 3.63) is 72.3 Å². The lowest BCUT2D eigenvalue weighted by molar-refractivity contribution is -0.164. The predicted octanol–water partition coefficient (Wildman–Crippen LogP) is 2.14. The minimum atomic E-state index is -0.865. The number of nitrogens with zero attached hydrogens (tertiary/aromatic N) is 1. The summed E-state index contributed by atoms with van der Waals surface area (Å²) >= 11 is 1.46. The number of benzene rings is 2. The Kier molecular flexibility index (Phi) is 6.88. The van der Waals surface area contributed by atoms with E-state index in [2.05, 4.69) is 11.9 Å². The van der Waals surface area contributed by atoms with Crippen LogP contribution in [0.3, 0.4) is 0 Å². The Bertz CT molecular complexity index is 1040. The number of methoxy groups -OCH3 is 1. The maximum Gasteiger partial charge on any atom is 0.333 e. The van der Waals surface area contributed by atoms with Crippen LogP contribution in [0.4, 0.5) is 0 Å². The maximum absolute atomic E-state index is 12.8. The first-order valence-corrected chi connectivity index (χ1v) is 11.4. The van der Waals surface area contributed by atoms with Gasteiger partial charge in [0.05, 0.1) is 7.11 Å². The number of β-lactam (4-membered cyclic amide) rings is 1. The molecule has 8 nitrogen and oxygen atoms in total. The first kappa shape index (κ1) is 22.7. The van der Waals surface area contributed by atoms with Gasteiger partial charge in [-0.15, -0.1) is 11.8 Å². The Balaban J connectivity index is 1.32. The molecule has 0 spiro atoms. The standard InChI is InChI=1S/C24H24N2O6S/c1-15-14-33-23-20(25-19(27)13-31-18-6-4-3-5-7-18)22(28)26(23)21(15)24(29)32-12-16-8-10-17(30-2)11-9-16/h3-11,20-21,23H,1,12-14H2,2H3,(H,25,27)/t20?,21?,23-/m0/s1. The van der Waals surface area contributed by atoms with Crippen molar-refractivity contribution in [2.24, 2.45) is 0 Å². The van der Waals surface area contributed by atoms with Crippen LogP contribution in [0.2, 0.25) is 0 Å². The molecule has 2 aliphatic rings. The van der Waals surface area contributed by atoms with Gasteiger partial charge in [0, 0.05) is 5.75 Å². The van der Waals surface area contributed by atoms with Crippen molar-refractivity contribution in [3.8, 4) is 11.5 Å². The first-order valence-electron chi connectivity index (χ1n) is 10.4. The van der Waals surface area contributed by atoms with E-state index in [0.29, 0.717) is 22.8 Å². The molecule has 2 saturated heterocycles. The lowest BCUT2D eigenvalue weighted by Crippen LogP contribution is -2.74. The normalized spacial score (nSPS) is 21.5. The van der Waals surface area contributed by atoms with Gasteiger partial charge in [-0.25, -0.2) is 4.79 Å². The van der Waals surface area contributed by atoms with Crippen LogP contribution in [-0.4, -0.2) is 59.6 Å². The van der Waals surface area contributed by atoms with Gasteiger partial charge in [0.2, 0.25) is 5.91 Å². The monoisotopic (exact) mass is 468 g/mol. The van der Waals surface area contributed by atoms with E-state index >= 15 is 0 Å². The van der Waals surface area contributed by atoms with Crippen molar-refractivity contribution < 1.29 is 28.6 Å². The van der Waals surface area contributed by atoms with Gasteiger partial charge in [-0.3, -0.25) is 9.59 Å². The second kappa shape index (κ2) is 9.99. The topological polar surface area (TPSA) is 94.2 Å². The molecule has 0 saturated carbocycles. The fourth-order valence-electron chi connectivity index (χ4n) is 3.65. The molecular formula is C24H24N2O6S. The Hall–Kier alpha value is -3.46. The highest BCUT2D eigenvalue weighted by Crippen LogP contribution is 2.40. The van der Waals surface area contributed by atoms with Crippen LogP contribution in [-0.2, 0) is 25.7 Å². The van der Waals surface area contributed by atoms with Crippen LogP contribution >= 0.6 is 11.8 Å². The van der Waals surface area contributed by atoms with Crippen LogP contribution in [0, 0.1) is 0 Å². The average Bonchev–Trinajstić information content (AvgIpc) is 2.85. The number of rotatable bonds is 8. The number of fused-ring (bicyclic) bond motifs is 1. The van der Waals surface area contributed by atoms with E-state index in [1.54, 1.807) is 55.6 Å². The number of amides is 2. The molecule has 2 aromatic rings. The first-order chi connectivity index (χ1) is 16.0. The average molecular weight is 469 g/mol. The molecule has 0 bridgehead atoms. The van der Waals surface area contributed by atoms with Gasteiger partial charge in [-0.2, -0.15) is 0 Å². The number of para-hydroxylation sites is 1. The van der Waals surface area contributed by atoms with Crippen LogP contribution < -0.4 is 14.8 Å². The minimum Gasteiger partial charge on any atom is -0.497 e. The largest absolute Gasteiger partial charge is 0.497 e. The molecule has 1 N–H and O–H groups in total. The number of hydrogen-bond donors (Lipinski definition) is 1. The van der Waals surface area contributed by atoms with E-state index < -0.39 is 24.0 Å². The van der Waals surface area contributed by atoms with Gasteiger partial charge >= 0.3 is 5.97 Å². The maximum atomic E-state index is 12.8. The van der Waals surface area contributed by atoms with E-state index in [4.69, 9.17) is 14.2 Å². The van der Waals surface area contributed by atoms with Gasteiger partial charge in [-0.05, 0) is 35.4 Å². The summed E-state index contributed by atoms with van der Waals surface area (Å²) in [6.07, 6.45) is 0. The molecule has 0 aliphatic carbocycles. The molecule has 2 heterocycles. The Labute approximate surface area is 195 Å². The Morgan fingerprint density at radius 1 is 1.12 bits per heavy atom. The molecule has 0 radical (unpaired) electrons. The molecule has 4 rings (SSSR count). The smallest absolute Gasteiger partial charge is 0.333 e. The molecule has 2 amide bonds. The number of nitrogens with one attached hydrogen (secondary N) is 1. The zero-order valence-electron chi connectivity index (χ0n) is 18.1. The zero-order chi connectivity index (χ0) is 23.4. The third-order valence-electron chi connectivity index (χ3n) is 5.38. The van der Waals surface area contributed by atoms with Gasteiger partial charge in [0.25, 0.3) is 5.91 Å². The lowest BCUT2D eigenvalue weighted by Gasteiger charge is -2.52. The minimum absolute atomic E-state index is 0.0729. The summed E-state index contributed by atoms with van der Waals surface area (Å²) in [5.74, 6) is 0.486. The number of hydrogen-bond acceptors (Lipinski definition) is 7. The van der Waals surface area contributed by atoms with Crippen molar-refractivity contribution in [3.63, 3.8) is 0 Å². The van der Waals surface area contributed by atoms with Gasteiger partial charge in [0.15, 0.2) is 12.6 Å². The van der Waals surface area contributed by atoms with Crippen LogP contribution in [0.25, 0.3) is 0 Å². The molecular weight excluding hydrogens is 444 g/mol. The SMILES string of the molecule is C=C1CS[C@H]2C(NC(=O)COc3ccccc3)C(=O)N2C1C(=O)OCc1ccc(OC)cc1.